The minimum Gasteiger partial charge on any atom is -0.463 e. The Hall–Kier alpha value is -0.790. The lowest BCUT2D eigenvalue weighted by Gasteiger charge is -2.60. The molecule has 4 saturated carbocycles. The first kappa shape index (κ1) is 27.3. The minimum absolute atomic E-state index is 0.00842. The van der Waals surface area contributed by atoms with Gasteiger partial charge < -0.3 is 4.74 Å². The fourth-order valence-corrected chi connectivity index (χ4v) is 9.24. The zero-order valence-corrected chi connectivity index (χ0v) is 24.3. The Kier molecular flexibility index (Phi) is 7.92. The van der Waals surface area contributed by atoms with Gasteiger partial charge in [-0.1, -0.05) is 50.3 Å². The Morgan fingerprint density at radius 3 is 2.46 bits per heavy atom. The van der Waals surface area contributed by atoms with Crippen LogP contribution in [-0.2, 0) is 23.9 Å². The van der Waals surface area contributed by atoms with Gasteiger partial charge in [0.1, 0.15) is 23.5 Å². The van der Waals surface area contributed by atoms with Crippen LogP contribution >= 0.6 is 22.6 Å². The smallest absolute Gasteiger partial charge is 0.302 e. The van der Waals surface area contributed by atoms with Crippen LogP contribution in [0.3, 0.4) is 0 Å². The molecule has 0 saturated heterocycles. The number of hydrogen-bond acceptors (Lipinski definition) is 5. The van der Waals surface area contributed by atoms with Crippen molar-refractivity contribution in [2.24, 2.45) is 52.3 Å². The molecule has 0 radical (unpaired) electrons. The number of rotatable bonds is 7. The summed E-state index contributed by atoms with van der Waals surface area (Å²) in [5, 5.41) is 0. The first-order valence-corrected chi connectivity index (χ1v) is 15.3. The van der Waals surface area contributed by atoms with E-state index < -0.39 is 11.3 Å². The van der Waals surface area contributed by atoms with Crippen molar-refractivity contribution in [3.8, 4) is 0 Å². The van der Waals surface area contributed by atoms with Crippen molar-refractivity contribution in [1.82, 2.24) is 0 Å². The van der Waals surface area contributed by atoms with Gasteiger partial charge in [0.2, 0.25) is 0 Å². The van der Waals surface area contributed by atoms with Crippen molar-refractivity contribution in [1.29, 1.82) is 0 Å². The molecule has 4 rings (SSSR count). The van der Waals surface area contributed by atoms with E-state index >= 15 is 0 Å². The highest BCUT2D eigenvalue weighted by Crippen LogP contribution is 2.66. The van der Waals surface area contributed by atoms with Crippen LogP contribution in [-0.4, -0.2) is 33.9 Å². The molecule has 0 aliphatic heterocycles. The zero-order valence-electron chi connectivity index (χ0n) is 22.1. The van der Waals surface area contributed by atoms with Gasteiger partial charge in [-0.15, -0.1) is 0 Å². The monoisotopic (exact) mass is 598 g/mol. The van der Waals surface area contributed by atoms with Crippen LogP contribution < -0.4 is 0 Å². The molecule has 4 aliphatic carbocycles. The predicted molar refractivity (Wildman–Crippen MR) is 143 cm³/mol. The molecule has 0 heterocycles. The first-order chi connectivity index (χ1) is 16.4. The average Bonchev–Trinajstić information content (AvgIpc) is 3.08. The van der Waals surface area contributed by atoms with Gasteiger partial charge in [0.15, 0.2) is 0 Å². The second kappa shape index (κ2) is 10.2. The molecule has 0 unspecified atom stereocenters. The number of Topliss-reactive ketones (excluding diaryl/α,β-unsaturated/α-hetero) is 3. The minimum atomic E-state index is -0.708. The van der Waals surface area contributed by atoms with Gasteiger partial charge >= 0.3 is 5.97 Å². The van der Waals surface area contributed by atoms with Crippen molar-refractivity contribution < 1.29 is 23.9 Å². The van der Waals surface area contributed by atoms with Gasteiger partial charge in [0, 0.05) is 47.9 Å². The lowest BCUT2D eigenvalue weighted by Crippen LogP contribution is -2.58. The lowest BCUT2D eigenvalue weighted by molar-refractivity contribution is -0.167. The standard InChI is InChI=1S/C29H43IO5/c1-16(15-30)6-9-24(32)17(2)27-25(33)13-23-21-8-7-19-12-20(35-18(3)31)10-11-28(19,4)22(21)14-26(34)29(23,27)5/h16-17,19-23,27H,6-15H2,1-5H3/t16-,17-,19+,20+,21-,22+,23+,27+,28+,29-/m1/s1. The molecule has 4 aliphatic rings. The maximum absolute atomic E-state index is 13.9. The predicted octanol–water partition coefficient (Wildman–Crippen LogP) is 5.99. The van der Waals surface area contributed by atoms with Crippen molar-refractivity contribution >= 4 is 45.9 Å². The number of ketones is 3. The number of esters is 1. The molecule has 0 aromatic heterocycles. The number of carbonyl (C=O) groups is 4. The topological polar surface area (TPSA) is 77.5 Å². The number of halogens is 1. The van der Waals surface area contributed by atoms with E-state index in [2.05, 4.69) is 36.4 Å². The number of fused-ring (bicyclic) bond motifs is 5. The lowest BCUT2D eigenvalue weighted by atomic mass is 9.44. The maximum Gasteiger partial charge on any atom is 0.302 e. The molecule has 0 N–H and O–H groups in total. The summed E-state index contributed by atoms with van der Waals surface area (Å²) in [6.07, 6.45) is 7.12. The molecule has 6 heteroatoms. The summed E-state index contributed by atoms with van der Waals surface area (Å²) in [5.74, 6) is 1.08. The van der Waals surface area contributed by atoms with Crippen molar-refractivity contribution in [2.45, 2.75) is 98.5 Å². The highest BCUT2D eigenvalue weighted by Gasteiger charge is 2.66. The molecule has 0 bridgehead atoms. The third-order valence-electron chi connectivity index (χ3n) is 10.9. The number of carbonyl (C=O) groups excluding carboxylic acids is 4. The Labute approximate surface area is 224 Å². The quantitative estimate of drug-likeness (QED) is 0.204. The summed E-state index contributed by atoms with van der Waals surface area (Å²) in [4.78, 5) is 52.1. The van der Waals surface area contributed by atoms with Gasteiger partial charge in [0.05, 0.1) is 0 Å². The summed E-state index contributed by atoms with van der Waals surface area (Å²) in [7, 11) is 0. The summed E-state index contributed by atoms with van der Waals surface area (Å²) in [6, 6.07) is 0. The van der Waals surface area contributed by atoms with E-state index in [1.807, 2.05) is 13.8 Å². The van der Waals surface area contributed by atoms with E-state index in [-0.39, 0.29) is 52.6 Å². The van der Waals surface area contributed by atoms with Crippen LogP contribution in [0.25, 0.3) is 0 Å². The molecule has 0 amide bonds. The fraction of sp³-hybridized carbons (Fsp3) is 0.862. The van der Waals surface area contributed by atoms with Crippen LogP contribution in [0.2, 0.25) is 0 Å². The Balaban J connectivity index is 1.54. The molecule has 0 aromatic carbocycles. The van der Waals surface area contributed by atoms with Crippen LogP contribution in [0.5, 0.6) is 0 Å². The van der Waals surface area contributed by atoms with Gasteiger partial charge in [-0.2, -0.15) is 0 Å². The van der Waals surface area contributed by atoms with Crippen LogP contribution in [0.1, 0.15) is 92.4 Å². The number of ether oxygens (including phenoxy) is 1. The largest absolute Gasteiger partial charge is 0.463 e. The zero-order chi connectivity index (χ0) is 25.7. The molecule has 35 heavy (non-hydrogen) atoms. The Morgan fingerprint density at radius 2 is 1.80 bits per heavy atom. The summed E-state index contributed by atoms with van der Waals surface area (Å²) in [6.45, 7) is 9.91. The maximum atomic E-state index is 13.9. The van der Waals surface area contributed by atoms with Crippen LogP contribution in [0, 0.1) is 52.3 Å². The fourth-order valence-electron chi connectivity index (χ4n) is 8.80. The van der Waals surface area contributed by atoms with Crippen LogP contribution in [0.4, 0.5) is 0 Å². The third kappa shape index (κ3) is 4.67. The molecule has 5 nitrogen and oxygen atoms in total. The summed E-state index contributed by atoms with van der Waals surface area (Å²) >= 11 is 2.35. The molecule has 10 atom stereocenters. The normalized spacial score (nSPS) is 42.5. The van der Waals surface area contributed by atoms with Crippen LogP contribution in [0.15, 0.2) is 0 Å². The molecule has 0 aromatic rings. The second-order valence-corrected chi connectivity index (χ2v) is 13.7. The molecular weight excluding hydrogens is 555 g/mol. The molecule has 4 fully saturated rings. The first-order valence-electron chi connectivity index (χ1n) is 13.7. The second-order valence-electron chi connectivity index (χ2n) is 12.8. The molecule has 0 spiro atoms. The molecule has 196 valence electrons. The van der Waals surface area contributed by atoms with Gasteiger partial charge in [0.25, 0.3) is 0 Å². The Morgan fingerprint density at radius 1 is 1.09 bits per heavy atom. The van der Waals surface area contributed by atoms with Crippen molar-refractivity contribution in [2.75, 3.05) is 4.43 Å². The molecular formula is C29H43IO5. The van der Waals surface area contributed by atoms with Gasteiger partial charge in [-0.05, 0) is 73.5 Å². The van der Waals surface area contributed by atoms with E-state index in [9.17, 15) is 19.2 Å². The van der Waals surface area contributed by atoms with E-state index in [0.29, 0.717) is 37.0 Å². The number of hydrogen-bond donors (Lipinski definition) is 0. The van der Waals surface area contributed by atoms with Gasteiger partial charge in [-0.3, -0.25) is 19.2 Å². The van der Waals surface area contributed by atoms with E-state index in [1.54, 1.807) is 0 Å². The summed E-state index contributed by atoms with van der Waals surface area (Å²) < 4.78 is 6.58. The Bertz CT molecular complexity index is 884. The highest BCUT2D eigenvalue weighted by atomic mass is 127. The summed E-state index contributed by atoms with van der Waals surface area (Å²) in [5.41, 5.74) is -0.658. The van der Waals surface area contributed by atoms with Gasteiger partial charge in [-0.25, -0.2) is 0 Å². The van der Waals surface area contributed by atoms with E-state index in [1.165, 1.54) is 6.92 Å². The average molecular weight is 599 g/mol. The number of alkyl halides is 1. The SMILES string of the molecule is CC(=O)O[C@H]1CC[C@@]2(C)[C@@H](CC[C@@H]3[C@@H]2CC(=O)[C@]2(C)[C@@H]([C@H](C)C(=O)CC[C@@H](C)CI)C(=O)C[C@@H]32)C1. The van der Waals surface area contributed by atoms with Crippen molar-refractivity contribution in [3.63, 3.8) is 0 Å². The highest BCUT2D eigenvalue weighted by molar-refractivity contribution is 14.1. The van der Waals surface area contributed by atoms with E-state index in [0.717, 1.165) is 43.0 Å². The third-order valence-corrected chi connectivity index (χ3v) is 12.4. The van der Waals surface area contributed by atoms with Crippen molar-refractivity contribution in [3.05, 3.63) is 0 Å². The van der Waals surface area contributed by atoms with E-state index in [4.69, 9.17) is 4.74 Å².